The molecule has 4 amide bonds. The zero-order valence-electron chi connectivity index (χ0n) is 14.6. The van der Waals surface area contributed by atoms with Gasteiger partial charge in [0.2, 0.25) is 5.91 Å². The molecule has 5 N–H and O–H groups in total. The highest BCUT2D eigenvalue weighted by Gasteiger charge is 2.30. The van der Waals surface area contributed by atoms with Crippen LogP contribution in [0.4, 0.5) is 4.79 Å². The van der Waals surface area contributed by atoms with Crippen molar-refractivity contribution in [2.75, 3.05) is 6.54 Å². The Morgan fingerprint density at radius 2 is 2.04 bits per heavy atom. The molecule has 0 aromatic carbocycles. The van der Waals surface area contributed by atoms with Gasteiger partial charge in [0.1, 0.15) is 11.7 Å². The van der Waals surface area contributed by atoms with Gasteiger partial charge in [0.15, 0.2) is 0 Å². The number of hydrogen-bond donors (Lipinski definition) is 4. The number of primary amides is 1. The number of amides is 4. The van der Waals surface area contributed by atoms with E-state index in [1.807, 2.05) is 0 Å². The summed E-state index contributed by atoms with van der Waals surface area (Å²) in [4.78, 5) is 54.7. The summed E-state index contributed by atoms with van der Waals surface area (Å²) in [7, 11) is 0. The van der Waals surface area contributed by atoms with Crippen LogP contribution in [0.5, 0.6) is 0 Å². The van der Waals surface area contributed by atoms with Gasteiger partial charge in [-0.2, -0.15) is 0 Å². The van der Waals surface area contributed by atoms with Crippen LogP contribution in [0.3, 0.4) is 0 Å². The van der Waals surface area contributed by atoms with Gasteiger partial charge in [0.25, 0.3) is 11.8 Å². The molecule has 1 aliphatic rings. The number of hydrazine groups is 1. The lowest BCUT2D eigenvalue weighted by Crippen LogP contribution is -2.55. The Morgan fingerprint density at radius 1 is 1.30 bits per heavy atom. The first-order valence-corrected chi connectivity index (χ1v) is 8.53. The minimum Gasteiger partial charge on any atom is -0.464 e. The monoisotopic (exact) mass is 378 g/mol. The van der Waals surface area contributed by atoms with Crippen molar-refractivity contribution in [3.63, 3.8) is 0 Å². The minimum absolute atomic E-state index is 0.0488. The third kappa shape index (κ3) is 6.20. The maximum atomic E-state index is 12.6. The molecule has 1 saturated carbocycles. The van der Waals surface area contributed by atoms with E-state index in [0.717, 1.165) is 19.3 Å². The van der Waals surface area contributed by atoms with E-state index >= 15 is 0 Å². The molecular weight excluding hydrogens is 356 g/mol. The standard InChI is InChI=1S/C16H22N6O5/c17-13(23)4-7-22(16(26)27)21-15(25)11(8-10-2-1-3-10)20-14(24)12-9-18-5-6-19-12/h5-6,9-11H,1-4,7-8H2,(H2,17,23)(H,20,24)(H,21,25)(H,26,27). The summed E-state index contributed by atoms with van der Waals surface area (Å²) < 4.78 is 0. The van der Waals surface area contributed by atoms with Gasteiger partial charge in [-0.1, -0.05) is 19.3 Å². The summed E-state index contributed by atoms with van der Waals surface area (Å²) >= 11 is 0. The van der Waals surface area contributed by atoms with Gasteiger partial charge >= 0.3 is 6.09 Å². The molecule has 0 radical (unpaired) electrons. The van der Waals surface area contributed by atoms with Gasteiger partial charge in [-0.25, -0.2) is 14.8 Å². The summed E-state index contributed by atoms with van der Waals surface area (Å²) in [5.74, 6) is -1.70. The highest BCUT2D eigenvalue weighted by Crippen LogP contribution is 2.30. The molecule has 1 aromatic heterocycles. The summed E-state index contributed by atoms with van der Waals surface area (Å²) in [6, 6.07) is -0.944. The Labute approximate surface area is 155 Å². The van der Waals surface area contributed by atoms with Crippen molar-refractivity contribution >= 4 is 23.8 Å². The van der Waals surface area contributed by atoms with Crippen LogP contribution in [-0.2, 0) is 9.59 Å². The molecule has 2 rings (SSSR count). The van der Waals surface area contributed by atoms with Crippen molar-refractivity contribution in [2.24, 2.45) is 11.7 Å². The molecule has 0 saturated heterocycles. The summed E-state index contributed by atoms with van der Waals surface area (Å²) in [6.45, 7) is -0.287. The Morgan fingerprint density at radius 3 is 2.56 bits per heavy atom. The Hall–Kier alpha value is -3.24. The van der Waals surface area contributed by atoms with Crippen molar-refractivity contribution < 1.29 is 24.3 Å². The Kier molecular flexibility index (Phi) is 7.03. The van der Waals surface area contributed by atoms with E-state index in [1.165, 1.54) is 18.6 Å². The number of carboxylic acid groups (broad SMARTS) is 1. The number of nitrogens with two attached hydrogens (primary N) is 1. The summed E-state index contributed by atoms with van der Waals surface area (Å²) in [5.41, 5.74) is 7.28. The molecule has 146 valence electrons. The molecule has 11 nitrogen and oxygen atoms in total. The lowest BCUT2D eigenvalue weighted by Gasteiger charge is -2.30. The number of aromatic nitrogens is 2. The van der Waals surface area contributed by atoms with E-state index in [1.54, 1.807) is 0 Å². The third-order valence-corrected chi connectivity index (χ3v) is 4.27. The van der Waals surface area contributed by atoms with E-state index < -0.39 is 29.9 Å². The molecule has 1 atom stereocenters. The van der Waals surface area contributed by atoms with Gasteiger partial charge < -0.3 is 16.2 Å². The van der Waals surface area contributed by atoms with E-state index in [2.05, 4.69) is 20.7 Å². The van der Waals surface area contributed by atoms with Gasteiger partial charge in [0.05, 0.1) is 12.7 Å². The second kappa shape index (κ2) is 9.46. The van der Waals surface area contributed by atoms with E-state index in [-0.39, 0.29) is 24.6 Å². The lowest BCUT2D eigenvalue weighted by atomic mass is 9.80. The topological polar surface area (TPSA) is 168 Å². The molecule has 27 heavy (non-hydrogen) atoms. The van der Waals surface area contributed by atoms with Crippen LogP contribution >= 0.6 is 0 Å². The van der Waals surface area contributed by atoms with Crippen LogP contribution in [0.2, 0.25) is 0 Å². The first kappa shape index (κ1) is 20.1. The van der Waals surface area contributed by atoms with Gasteiger partial charge in [-0.3, -0.25) is 24.8 Å². The van der Waals surface area contributed by atoms with Crippen molar-refractivity contribution in [1.29, 1.82) is 0 Å². The molecule has 11 heteroatoms. The predicted molar refractivity (Wildman–Crippen MR) is 91.9 cm³/mol. The van der Waals surface area contributed by atoms with Crippen LogP contribution in [0, 0.1) is 5.92 Å². The van der Waals surface area contributed by atoms with E-state index in [9.17, 15) is 19.2 Å². The van der Waals surface area contributed by atoms with Crippen LogP contribution in [0.1, 0.15) is 42.6 Å². The fraction of sp³-hybridized carbons (Fsp3) is 0.500. The highest BCUT2D eigenvalue weighted by molar-refractivity contribution is 5.96. The maximum Gasteiger partial charge on any atom is 0.426 e. The Bertz CT molecular complexity index is 694. The van der Waals surface area contributed by atoms with Crippen molar-refractivity contribution in [1.82, 2.24) is 25.7 Å². The van der Waals surface area contributed by atoms with Gasteiger partial charge in [-0.15, -0.1) is 0 Å². The van der Waals surface area contributed by atoms with E-state index in [4.69, 9.17) is 10.8 Å². The summed E-state index contributed by atoms with van der Waals surface area (Å²) in [6.07, 6.45) is 5.66. The highest BCUT2D eigenvalue weighted by atomic mass is 16.4. The van der Waals surface area contributed by atoms with Crippen LogP contribution in [0.25, 0.3) is 0 Å². The molecule has 1 aromatic rings. The van der Waals surface area contributed by atoms with Crippen molar-refractivity contribution in [2.45, 2.75) is 38.1 Å². The SMILES string of the molecule is NC(=O)CCN(NC(=O)C(CC1CCC1)NC(=O)c1cnccn1)C(=O)O. The molecular formula is C16H22N6O5. The number of nitrogens with zero attached hydrogens (tertiary/aromatic N) is 3. The molecule has 0 aliphatic heterocycles. The smallest absolute Gasteiger partial charge is 0.426 e. The van der Waals surface area contributed by atoms with Gasteiger partial charge in [0, 0.05) is 18.8 Å². The zero-order valence-corrected chi connectivity index (χ0v) is 14.6. The molecule has 0 bridgehead atoms. The quantitative estimate of drug-likeness (QED) is 0.448. The summed E-state index contributed by atoms with van der Waals surface area (Å²) in [5, 5.41) is 12.3. The number of hydrogen-bond acceptors (Lipinski definition) is 6. The second-order valence-corrected chi connectivity index (χ2v) is 6.28. The Balaban J connectivity index is 2.04. The minimum atomic E-state index is -1.44. The number of carbonyl (C=O) groups excluding carboxylic acids is 3. The van der Waals surface area contributed by atoms with Crippen LogP contribution in [-0.4, -0.2) is 56.5 Å². The first-order valence-electron chi connectivity index (χ1n) is 8.53. The van der Waals surface area contributed by atoms with Crippen LogP contribution in [0.15, 0.2) is 18.6 Å². The third-order valence-electron chi connectivity index (χ3n) is 4.27. The van der Waals surface area contributed by atoms with Gasteiger partial charge in [-0.05, 0) is 12.3 Å². The fourth-order valence-corrected chi connectivity index (χ4v) is 2.57. The number of nitrogens with one attached hydrogen (secondary N) is 2. The number of rotatable bonds is 8. The normalized spacial score (nSPS) is 14.5. The predicted octanol–water partition coefficient (Wildman–Crippen LogP) is -0.348. The largest absolute Gasteiger partial charge is 0.464 e. The van der Waals surface area contributed by atoms with E-state index in [0.29, 0.717) is 11.4 Å². The molecule has 1 aliphatic carbocycles. The average molecular weight is 378 g/mol. The van der Waals surface area contributed by atoms with Crippen molar-refractivity contribution in [3.05, 3.63) is 24.3 Å². The number of carbonyl (C=O) groups is 4. The first-order chi connectivity index (χ1) is 12.9. The molecule has 1 unspecified atom stereocenters. The molecule has 0 spiro atoms. The van der Waals surface area contributed by atoms with Crippen LogP contribution < -0.4 is 16.5 Å². The second-order valence-electron chi connectivity index (χ2n) is 6.28. The average Bonchev–Trinajstić information content (AvgIpc) is 2.60. The van der Waals surface area contributed by atoms with Crippen molar-refractivity contribution in [3.8, 4) is 0 Å². The maximum absolute atomic E-state index is 12.6. The molecule has 1 heterocycles. The molecule has 1 fully saturated rings. The zero-order chi connectivity index (χ0) is 19.8. The lowest BCUT2D eigenvalue weighted by molar-refractivity contribution is -0.128. The fourth-order valence-electron chi connectivity index (χ4n) is 2.57.